The average Bonchev–Trinajstić information content (AvgIpc) is 3.04. The molecule has 0 spiro atoms. The molecule has 102 valence electrons. The molecule has 0 heterocycles. The molecule has 3 N–H and O–H groups in total. The summed E-state index contributed by atoms with van der Waals surface area (Å²) in [5.41, 5.74) is 5.01. The number of nitrogens with one attached hydrogen (secondary N) is 1. The smallest absolute Gasteiger partial charge is 0.357 e. The number of hydrogen-bond acceptors (Lipinski definition) is 4. The van der Waals surface area contributed by atoms with E-state index >= 15 is 0 Å². The number of amides is 2. The van der Waals surface area contributed by atoms with E-state index in [1.165, 1.54) is 19.3 Å². The Morgan fingerprint density at radius 3 is 1.59 bits per heavy atom. The van der Waals surface area contributed by atoms with Gasteiger partial charge in [0.05, 0.1) is 0 Å². The van der Waals surface area contributed by atoms with Crippen molar-refractivity contribution in [2.45, 2.75) is 40.0 Å². The topological polar surface area (TPSA) is 82.8 Å². The first-order valence-corrected chi connectivity index (χ1v) is 7.82. The summed E-state index contributed by atoms with van der Waals surface area (Å²) < 4.78 is 15.9. The Balaban J connectivity index is 0.000000728. The standard InChI is InChI=1S/C7H18N2O4Si.C3H6/c1-4-11-14(12-5-2,13-6-3)9-7(8)10;1-2-3-1/h4-6H2,1-3H3,(H3,8,9,10);1-3H2. The first-order chi connectivity index (χ1) is 8.10. The lowest BCUT2D eigenvalue weighted by Gasteiger charge is -2.26. The van der Waals surface area contributed by atoms with Gasteiger partial charge in [-0.05, 0) is 20.8 Å². The molecule has 0 radical (unpaired) electrons. The van der Waals surface area contributed by atoms with Gasteiger partial charge in [-0.3, -0.25) is 4.98 Å². The van der Waals surface area contributed by atoms with Crippen molar-refractivity contribution in [1.29, 1.82) is 0 Å². The van der Waals surface area contributed by atoms with Gasteiger partial charge in [0.1, 0.15) is 0 Å². The van der Waals surface area contributed by atoms with E-state index in [9.17, 15) is 4.79 Å². The zero-order valence-corrected chi connectivity index (χ0v) is 12.0. The zero-order valence-electron chi connectivity index (χ0n) is 11.0. The van der Waals surface area contributed by atoms with Crippen LogP contribution in [-0.2, 0) is 13.3 Å². The van der Waals surface area contributed by atoms with Crippen LogP contribution in [0.5, 0.6) is 0 Å². The molecule has 0 aromatic heterocycles. The second-order valence-electron chi connectivity index (χ2n) is 3.41. The third kappa shape index (κ3) is 9.10. The maximum absolute atomic E-state index is 10.7. The minimum Gasteiger partial charge on any atom is -0.357 e. The first-order valence-electron chi connectivity index (χ1n) is 6.09. The molecular formula is C10H24N2O4Si. The van der Waals surface area contributed by atoms with Crippen LogP contribution < -0.4 is 10.7 Å². The lowest BCUT2D eigenvalue weighted by molar-refractivity contribution is 0.0635. The molecule has 0 aromatic carbocycles. The van der Waals surface area contributed by atoms with Crippen molar-refractivity contribution in [3.63, 3.8) is 0 Å². The van der Waals surface area contributed by atoms with Gasteiger partial charge < -0.3 is 19.0 Å². The van der Waals surface area contributed by atoms with Gasteiger partial charge in [0.2, 0.25) is 0 Å². The van der Waals surface area contributed by atoms with Crippen LogP contribution in [-0.4, -0.2) is 34.8 Å². The van der Waals surface area contributed by atoms with Gasteiger partial charge in [-0.15, -0.1) is 0 Å². The van der Waals surface area contributed by atoms with Crippen molar-refractivity contribution in [2.75, 3.05) is 19.8 Å². The lowest BCUT2D eigenvalue weighted by Crippen LogP contribution is -2.62. The lowest BCUT2D eigenvalue weighted by atomic mass is 10.9. The van der Waals surface area contributed by atoms with Crippen molar-refractivity contribution >= 4 is 15.0 Å². The summed E-state index contributed by atoms with van der Waals surface area (Å²) in [6.07, 6.45) is 4.50. The van der Waals surface area contributed by atoms with E-state index in [0.717, 1.165) is 0 Å². The summed E-state index contributed by atoms with van der Waals surface area (Å²) >= 11 is 0. The highest BCUT2D eigenvalue weighted by Crippen LogP contribution is 2.14. The van der Waals surface area contributed by atoms with Crippen molar-refractivity contribution in [2.24, 2.45) is 5.73 Å². The van der Waals surface area contributed by atoms with Crippen LogP contribution in [0.3, 0.4) is 0 Å². The Morgan fingerprint density at radius 2 is 1.41 bits per heavy atom. The van der Waals surface area contributed by atoms with Crippen LogP contribution >= 0.6 is 0 Å². The molecule has 1 fully saturated rings. The molecule has 1 saturated carbocycles. The second kappa shape index (κ2) is 9.40. The first kappa shape index (κ1) is 16.4. The molecule has 0 saturated heterocycles. The molecule has 1 rings (SSSR count). The number of carbonyl (C=O) groups excluding carboxylic acids is 1. The Labute approximate surface area is 104 Å². The molecule has 0 bridgehead atoms. The number of urea groups is 1. The predicted molar refractivity (Wildman–Crippen MR) is 67.2 cm³/mol. The molecule has 0 aromatic rings. The molecule has 1 aliphatic rings. The Bertz CT molecular complexity index is 195. The number of primary amides is 1. The van der Waals surface area contributed by atoms with Crippen molar-refractivity contribution < 1.29 is 18.1 Å². The van der Waals surface area contributed by atoms with E-state index in [2.05, 4.69) is 4.98 Å². The Morgan fingerprint density at radius 1 is 1.06 bits per heavy atom. The van der Waals surface area contributed by atoms with Gasteiger partial charge in [0.25, 0.3) is 0 Å². The van der Waals surface area contributed by atoms with E-state index in [1.54, 1.807) is 20.8 Å². The predicted octanol–water partition coefficient (Wildman–Crippen LogP) is 1.37. The summed E-state index contributed by atoms with van der Waals surface area (Å²) in [4.78, 5) is 13.2. The third-order valence-electron chi connectivity index (χ3n) is 1.63. The molecule has 0 aliphatic heterocycles. The fourth-order valence-corrected chi connectivity index (χ4v) is 2.86. The van der Waals surface area contributed by atoms with Gasteiger partial charge in [-0.25, -0.2) is 4.79 Å². The molecule has 0 unspecified atom stereocenters. The average molecular weight is 264 g/mol. The van der Waals surface area contributed by atoms with Crippen LogP contribution in [0.1, 0.15) is 40.0 Å². The van der Waals surface area contributed by atoms with Crippen molar-refractivity contribution in [3.8, 4) is 0 Å². The molecule has 2 amide bonds. The van der Waals surface area contributed by atoms with E-state index in [1.807, 2.05) is 0 Å². The van der Waals surface area contributed by atoms with Crippen molar-refractivity contribution in [3.05, 3.63) is 0 Å². The maximum atomic E-state index is 10.7. The summed E-state index contributed by atoms with van der Waals surface area (Å²) in [6.45, 7) is 6.57. The number of nitrogens with two attached hydrogens (primary N) is 1. The van der Waals surface area contributed by atoms with Crippen LogP contribution in [0.4, 0.5) is 4.79 Å². The van der Waals surface area contributed by atoms with Crippen LogP contribution in [0.25, 0.3) is 0 Å². The van der Waals surface area contributed by atoms with Gasteiger partial charge in [0.15, 0.2) is 0 Å². The SMILES string of the molecule is C1CC1.CCO[Si](NC(N)=O)(OCC)OCC. The third-order valence-corrected chi connectivity index (χ3v) is 4.19. The number of hydrogen-bond donors (Lipinski definition) is 2. The normalized spacial score (nSPS) is 13.6. The molecule has 0 atom stereocenters. The van der Waals surface area contributed by atoms with E-state index in [4.69, 9.17) is 19.0 Å². The van der Waals surface area contributed by atoms with Gasteiger partial charge in [0, 0.05) is 19.8 Å². The highest BCUT2D eigenvalue weighted by atomic mass is 28.4. The molecule has 7 heteroatoms. The van der Waals surface area contributed by atoms with Gasteiger partial charge in [-0.1, -0.05) is 19.3 Å². The summed E-state index contributed by atoms with van der Waals surface area (Å²) in [7, 11) is -3.08. The molecular weight excluding hydrogens is 240 g/mol. The Kier molecular flexibility index (Phi) is 9.05. The van der Waals surface area contributed by atoms with Crippen LogP contribution in [0.15, 0.2) is 0 Å². The minimum atomic E-state index is -3.08. The Hall–Kier alpha value is -0.633. The summed E-state index contributed by atoms with van der Waals surface area (Å²) in [5, 5.41) is 0. The molecule has 1 aliphatic carbocycles. The zero-order chi connectivity index (χ0) is 13.1. The minimum absolute atomic E-state index is 0.395. The summed E-state index contributed by atoms with van der Waals surface area (Å²) in [5.74, 6) is 0. The second-order valence-corrected chi connectivity index (χ2v) is 5.63. The van der Waals surface area contributed by atoms with Crippen LogP contribution in [0.2, 0.25) is 0 Å². The molecule has 6 nitrogen and oxygen atoms in total. The van der Waals surface area contributed by atoms with E-state index in [-0.39, 0.29) is 0 Å². The monoisotopic (exact) mass is 264 g/mol. The van der Waals surface area contributed by atoms with E-state index in [0.29, 0.717) is 19.8 Å². The van der Waals surface area contributed by atoms with Crippen molar-refractivity contribution in [1.82, 2.24) is 4.98 Å². The fraction of sp³-hybridized carbons (Fsp3) is 0.900. The highest BCUT2D eigenvalue weighted by molar-refractivity contribution is 6.60. The molecule has 17 heavy (non-hydrogen) atoms. The number of carbonyl (C=O) groups is 1. The maximum Gasteiger partial charge on any atom is 0.634 e. The number of rotatable bonds is 7. The van der Waals surface area contributed by atoms with Gasteiger partial charge >= 0.3 is 15.0 Å². The quantitative estimate of drug-likeness (QED) is 0.680. The van der Waals surface area contributed by atoms with Gasteiger partial charge in [-0.2, -0.15) is 0 Å². The summed E-state index contributed by atoms with van der Waals surface area (Å²) in [6, 6.07) is -0.702. The highest BCUT2D eigenvalue weighted by Gasteiger charge is 2.43. The van der Waals surface area contributed by atoms with E-state index < -0.39 is 15.0 Å². The largest absolute Gasteiger partial charge is 0.634 e. The van der Waals surface area contributed by atoms with Crippen LogP contribution in [0, 0.1) is 0 Å². The fourth-order valence-electron chi connectivity index (χ4n) is 0.954.